The molecule has 1 aromatic rings. The quantitative estimate of drug-likeness (QED) is 0.906. The van der Waals surface area contributed by atoms with Gasteiger partial charge in [0.15, 0.2) is 0 Å². The molecule has 0 unspecified atom stereocenters. The number of hydrogen-bond donors (Lipinski definition) is 1. The average Bonchev–Trinajstić information content (AvgIpc) is 2.39. The summed E-state index contributed by atoms with van der Waals surface area (Å²) in [6.07, 6.45) is 1.31. The van der Waals surface area contributed by atoms with Gasteiger partial charge in [0.1, 0.15) is 5.75 Å². The number of hydrogen-bond acceptors (Lipinski definition) is 3. The molecule has 1 aliphatic rings. The molecule has 1 aliphatic heterocycles. The average molecular weight is 263 g/mol. The molecule has 1 saturated heterocycles. The van der Waals surface area contributed by atoms with E-state index in [-0.39, 0.29) is 0 Å². The molecule has 0 aliphatic carbocycles. The lowest BCUT2D eigenvalue weighted by atomic mass is 9.72. The zero-order valence-electron chi connectivity index (χ0n) is 11.8. The van der Waals surface area contributed by atoms with Gasteiger partial charge in [0, 0.05) is 0 Å². The Bertz CT molecular complexity index is 476. The second-order valence-electron chi connectivity index (χ2n) is 5.37. The number of nitrogens with zero attached hydrogens (tertiary/aromatic N) is 1. The van der Waals surface area contributed by atoms with Crippen molar-refractivity contribution < 1.29 is 14.6 Å². The molecular formula is C15H21NO3. The summed E-state index contributed by atoms with van der Waals surface area (Å²) < 4.78 is 5.24. The third kappa shape index (κ3) is 2.45. The predicted molar refractivity (Wildman–Crippen MR) is 73.8 cm³/mol. The molecule has 0 radical (unpaired) electrons. The van der Waals surface area contributed by atoms with Gasteiger partial charge in [0.05, 0.1) is 12.5 Å². The van der Waals surface area contributed by atoms with Crippen molar-refractivity contribution in [3.8, 4) is 5.75 Å². The summed E-state index contributed by atoms with van der Waals surface area (Å²) in [5.41, 5.74) is 1.13. The maximum absolute atomic E-state index is 11.8. The Morgan fingerprint density at radius 1 is 1.37 bits per heavy atom. The van der Waals surface area contributed by atoms with Gasteiger partial charge < -0.3 is 14.7 Å². The van der Waals surface area contributed by atoms with E-state index in [1.165, 1.54) is 0 Å². The van der Waals surface area contributed by atoms with Gasteiger partial charge in [-0.25, -0.2) is 0 Å². The van der Waals surface area contributed by atoms with Crippen molar-refractivity contribution in [1.29, 1.82) is 0 Å². The first kappa shape index (κ1) is 13.9. The number of carboxylic acid groups (broad SMARTS) is 1. The number of benzene rings is 1. The van der Waals surface area contributed by atoms with Crippen LogP contribution in [-0.2, 0) is 10.2 Å². The molecule has 0 aromatic heterocycles. The molecule has 0 atom stereocenters. The Kier molecular flexibility index (Phi) is 3.80. The normalized spacial score (nSPS) is 19.1. The highest BCUT2D eigenvalue weighted by Gasteiger charge is 2.42. The van der Waals surface area contributed by atoms with Crippen LogP contribution in [-0.4, -0.2) is 43.2 Å². The van der Waals surface area contributed by atoms with Gasteiger partial charge >= 0.3 is 5.97 Å². The van der Waals surface area contributed by atoms with Crippen molar-refractivity contribution in [1.82, 2.24) is 4.90 Å². The monoisotopic (exact) mass is 263 g/mol. The van der Waals surface area contributed by atoms with Crippen LogP contribution in [0.25, 0.3) is 0 Å². The highest BCUT2D eigenvalue weighted by Crippen LogP contribution is 2.37. The minimum Gasteiger partial charge on any atom is -0.496 e. The Hall–Kier alpha value is -1.55. The number of carbonyl (C=O) groups is 1. The van der Waals surface area contributed by atoms with Crippen LogP contribution in [0.1, 0.15) is 24.0 Å². The molecule has 1 aromatic carbocycles. The van der Waals surface area contributed by atoms with E-state index >= 15 is 0 Å². The summed E-state index contributed by atoms with van der Waals surface area (Å²) in [7, 11) is 3.66. The van der Waals surface area contributed by atoms with E-state index in [1.807, 2.05) is 32.2 Å². The highest BCUT2D eigenvalue weighted by atomic mass is 16.5. The number of piperidine rings is 1. The summed E-state index contributed by atoms with van der Waals surface area (Å²) in [4.78, 5) is 14.0. The standard InChI is InChI=1S/C15H21NO3/c1-11-10-12(4-5-13(11)19-3)15(14(17)18)6-8-16(2)9-7-15/h4-5,10H,6-9H2,1-3H3,(H,17,18). The zero-order chi connectivity index (χ0) is 14.0. The summed E-state index contributed by atoms with van der Waals surface area (Å²) in [6.45, 7) is 3.58. The predicted octanol–water partition coefficient (Wildman–Crippen LogP) is 2.05. The molecule has 1 fully saturated rings. The van der Waals surface area contributed by atoms with Crippen molar-refractivity contribution in [2.24, 2.45) is 0 Å². The highest BCUT2D eigenvalue weighted by molar-refractivity contribution is 5.81. The van der Waals surface area contributed by atoms with E-state index < -0.39 is 11.4 Å². The Balaban J connectivity index is 2.40. The van der Waals surface area contributed by atoms with E-state index in [0.717, 1.165) is 30.0 Å². The van der Waals surface area contributed by atoms with Crippen LogP contribution in [0.5, 0.6) is 5.75 Å². The van der Waals surface area contributed by atoms with Crippen molar-refractivity contribution >= 4 is 5.97 Å². The number of ether oxygens (including phenoxy) is 1. The Morgan fingerprint density at radius 2 is 2.00 bits per heavy atom. The van der Waals surface area contributed by atoms with Crippen LogP contribution < -0.4 is 4.74 Å². The summed E-state index contributed by atoms with van der Waals surface area (Å²) in [5, 5.41) is 9.70. The summed E-state index contributed by atoms with van der Waals surface area (Å²) in [5.74, 6) is 0.0855. The van der Waals surface area contributed by atoms with Gasteiger partial charge in [-0.2, -0.15) is 0 Å². The minimum atomic E-state index is -0.746. The van der Waals surface area contributed by atoms with Gasteiger partial charge in [-0.05, 0) is 57.1 Å². The van der Waals surface area contributed by atoms with Crippen LogP contribution >= 0.6 is 0 Å². The maximum atomic E-state index is 11.8. The number of carboxylic acids is 1. The molecule has 4 heteroatoms. The van der Waals surface area contributed by atoms with Gasteiger partial charge in [0.25, 0.3) is 0 Å². The number of rotatable bonds is 3. The van der Waals surface area contributed by atoms with E-state index in [0.29, 0.717) is 12.8 Å². The topological polar surface area (TPSA) is 49.8 Å². The van der Waals surface area contributed by atoms with Crippen LogP contribution in [0.4, 0.5) is 0 Å². The molecule has 19 heavy (non-hydrogen) atoms. The van der Waals surface area contributed by atoms with Crippen molar-refractivity contribution in [2.45, 2.75) is 25.2 Å². The second kappa shape index (κ2) is 5.21. The number of aryl methyl sites for hydroxylation is 1. The molecule has 0 amide bonds. The lowest BCUT2D eigenvalue weighted by Crippen LogP contribution is -2.46. The summed E-state index contributed by atoms with van der Waals surface area (Å²) >= 11 is 0. The Labute approximate surface area is 114 Å². The molecule has 104 valence electrons. The zero-order valence-corrected chi connectivity index (χ0v) is 11.8. The molecule has 4 nitrogen and oxygen atoms in total. The lowest BCUT2D eigenvalue weighted by Gasteiger charge is -2.38. The van der Waals surface area contributed by atoms with Gasteiger partial charge in [0.2, 0.25) is 0 Å². The first-order chi connectivity index (χ1) is 8.99. The first-order valence-electron chi connectivity index (χ1n) is 6.56. The van der Waals surface area contributed by atoms with Crippen LogP contribution in [0, 0.1) is 6.92 Å². The smallest absolute Gasteiger partial charge is 0.314 e. The van der Waals surface area contributed by atoms with E-state index in [9.17, 15) is 9.90 Å². The number of aliphatic carboxylic acids is 1. The van der Waals surface area contributed by atoms with Gasteiger partial charge in [-0.3, -0.25) is 4.79 Å². The number of methoxy groups -OCH3 is 1. The molecule has 0 saturated carbocycles. The molecule has 0 bridgehead atoms. The van der Waals surface area contributed by atoms with Crippen molar-refractivity contribution in [3.05, 3.63) is 29.3 Å². The maximum Gasteiger partial charge on any atom is 0.314 e. The van der Waals surface area contributed by atoms with E-state index in [4.69, 9.17) is 4.74 Å². The molecule has 1 heterocycles. The minimum absolute atomic E-state index is 0.657. The first-order valence-corrected chi connectivity index (χ1v) is 6.56. The number of likely N-dealkylation sites (tertiary alicyclic amines) is 1. The summed E-state index contributed by atoms with van der Waals surface area (Å²) in [6, 6.07) is 5.72. The van der Waals surface area contributed by atoms with E-state index in [2.05, 4.69) is 4.90 Å². The van der Waals surface area contributed by atoms with E-state index in [1.54, 1.807) is 7.11 Å². The second-order valence-corrected chi connectivity index (χ2v) is 5.37. The van der Waals surface area contributed by atoms with Crippen LogP contribution in [0.15, 0.2) is 18.2 Å². The van der Waals surface area contributed by atoms with Gasteiger partial charge in [-0.15, -0.1) is 0 Å². The largest absolute Gasteiger partial charge is 0.496 e. The fourth-order valence-corrected chi connectivity index (χ4v) is 2.80. The molecule has 2 rings (SSSR count). The fraction of sp³-hybridized carbons (Fsp3) is 0.533. The molecule has 0 spiro atoms. The van der Waals surface area contributed by atoms with Crippen LogP contribution in [0.3, 0.4) is 0 Å². The molecular weight excluding hydrogens is 242 g/mol. The molecule has 1 N–H and O–H groups in total. The SMILES string of the molecule is COc1ccc(C2(C(=O)O)CCN(C)CC2)cc1C. The van der Waals surface area contributed by atoms with Crippen LogP contribution in [0.2, 0.25) is 0 Å². The third-order valence-corrected chi connectivity index (χ3v) is 4.20. The van der Waals surface area contributed by atoms with Gasteiger partial charge in [-0.1, -0.05) is 12.1 Å². The van der Waals surface area contributed by atoms with Crippen molar-refractivity contribution in [3.63, 3.8) is 0 Å². The Morgan fingerprint density at radius 3 is 2.47 bits per heavy atom. The lowest BCUT2D eigenvalue weighted by molar-refractivity contribution is -0.145. The van der Waals surface area contributed by atoms with Crippen molar-refractivity contribution in [2.75, 3.05) is 27.2 Å². The fourth-order valence-electron chi connectivity index (χ4n) is 2.80. The third-order valence-electron chi connectivity index (χ3n) is 4.20.